The van der Waals surface area contributed by atoms with Gasteiger partial charge in [-0.25, -0.2) is 8.42 Å². The molecule has 8 nitrogen and oxygen atoms in total. The number of carboxylic acid groups (broad SMARTS) is 1. The van der Waals surface area contributed by atoms with Crippen LogP contribution in [-0.4, -0.2) is 68.0 Å². The number of ether oxygens (including phenoxy) is 1. The Morgan fingerprint density at radius 2 is 1.81 bits per heavy atom. The summed E-state index contributed by atoms with van der Waals surface area (Å²) in [5, 5.41) is 8.85. The first-order valence-corrected chi connectivity index (χ1v) is 8.35. The van der Waals surface area contributed by atoms with Gasteiger partial charge in [0.1, 0.15) is 5.75 Å². The Kier molecular flexibility index (Phi) is 6.13. The van der Waals surface area contributed by atoms with Crippen LogP contribution in [0, 0.1) is 5.92 Å². The minimum Gasteiger partial charge on any atom is -0.481 e. The SMILES string of the molecule is COC(=O)CCS(=O)(=O)CC(=O)N1CCC(C(=O)O)CC1. The third-order valence-corrected chi connectivity index (χ3v) is 4.90. The third-order valence-electron chi connectivity index (χ3n) is 3.39. The molecule has 1 aliphatic heterocycles. The number of carbonyl (C=O) groups excluding carboxylic acids is 2. The molecule has 0 aliphatic carbocycles. The Balaban J connectivity index is 2.46. The van der Waals surface area contributed by atoms with E-state index in [1.807, 2.05) is 0 Å². The van der Waals surface area contributed by atoms with Gasteiger partial charge < -0.3 is 14.7 Å². The highest BCUT2D eigenvalue weighted by Crippen LogP contribution is 2.17. The van der Waals surface area contributed by atoms with Crippen LogP contribution in [0.25, 0.3) is 0 Å². The van der Waals surface area contributed by atoms with Gasteiger partial charge in [0.25, 0.3) is 0 Å². The number of aliphatic carboxylic acids is 1. The molecule has 0 spiro atoms. The summed E-state index contributed by atoms with van der Waals surface area (Å²) in [5.41, 5.74) is 0. The Bertz CT molecular complexity index is 506. The van der Waals surface area contributed by atoms with E-state index in [-0.39, 0.29) is 19.5 Å². The van der Waals surface area contributed by atoms with Gasteiger partial charge in [-0.15, -0.1) is 0 Å². The molecule has 1 rings (SSSR count). The molecule has 1 amide bonds. The fourth-order valence-corrected chi connectivity index (χ4v) is 3.25. The number of hydrogen-bond donors (Lipinski definition) is 1. The minimum absolute atomic E-state index is 0.238. The van der Waals surface area contributed by atoms with Crippen LogP contribution in [0.4, 0.5) is 0 Å². The highest BCUT2D eigenvalue weighted by molar-refractivity contribution is 7.92. The molecule has 1 aliphatic rings. The van der Waals surface area contributed by atoms with Crippen LogP contribution >= 0.6 is 0 Å². The number of piperidine rings is 1. The zero-order valence-electron chi connectivity index (χ0n) is 11.8. The van der Waals surface area contributed by atoms with Gasteiger partial charge in [-0.2, -0.15) is 0 Å². The predicted octanol–water partition coefficient (Wildman–Crippen LogP) is -0.712. The number of likely N-dealkylation sites (tertiary alicyclic amines) is 1. The lowest BCUT2D eigenvalue weighted by Gasteiger charge is -2.30. The molecule has 9 heteroatoms. The van der Waals surface area contributed by atoms with Gasteiger partial charge in [0.05, 0.1) is 25.2 Å². The van der Waals surface area contributed by atoms with Crippen molar-refractivity contribution in [3.05, 3.63) is 0 Å². The second-order valence-electron chi connectivity index (χ2n) is 4.91. The van der Waals surface area contributed by atoms with Crippen LogP contribution < -0.4 is 0 Å². The quantitative estimate of drug-likeness (QED) is 0.642. The number of carbonyl (C=O) groups is 3. The number of amides is 1. The van der Waals surface area contributed by atoms with Crippen LogP contribution in [0.15, 0.2) is 0 Å². The van der Waals surface area contributed by atoms with E-state index in [1.165, 1.54) is 4.90 Å². The topological polar surface area (TPSA) is 118 Å². The van der Waals surface area contributed by atoms with Crippen LogP contribution in [-0.2, 0) is 29.0 Å². The Morgan fingerprint density at radius 1 is 1.24 bits per heavy atom. The zero-order chi connectivity index (χ0) is 16.0. The van der Waals surface area contributed by atoms with Crippen molar-refractivity contribution in [3.8, 4) is 0 Å². The summed E-state index contributed by atoms with van der Waals surface area (Å²) in [6.07, 6.45) is 0.361. The maximum absolute atomic E-state index is 11.9. The number of hydrogen-bond acceptors (Lipinski definition) is 6. The fourth-order valence-electron chi connectivity index (χ4n) is 2.07. The van der Waals surface area contributed by atoms with Crippen LogP contribution in [0.3, 0.4) is 0 Å². The number of nitrogens with zero attached hydrogens (tertiary/aromatic N) is 1. The van der Waals surface area contributed by atoms with Crippen molar-refractivity contribution in [2.75, 3.05) is 31.7 Å². The van der Waals surface area contributed by atoms with Crippen molar-refractivity contribution in [2.24, 2.45) is 5.92 Å². The summed E-state index contributed by atoms with van der Waals surface area (Å²) in [6, 6.07) is 0. The average molecular weight is 321 g/mol. The van der Waals surface area contributed by atoms with Crippen LogP contribution in [0.5, 0.6) is 0 Å². The van der Waals surface area contributed by atoms with Gasteiger partial charge in [0, 0.05) is 13.1 Å². The van der Waals surface area contributed by atoms with E-state index in [2.05, 4.69) is 4.74 Å². The molecule has 0 aromatic carbocycles. The highest BCUT2D eigenvalue weighted by Gasteiger charge is 2.29. The van der Waals surface area contributed by atoms with E-state index in [4.69, 9.17) is 5.11 Å². The monoisotopic (exact) mass is 321 g/mol. The van der Waals surface area contributed by atoms with Gasteiger partial charge >= 0.3 is 11.9 Å². The summed E-state index contributed by atoms with van der Waals surface area (Å²) < 4.78 is 27.8. The van der Waals surface area contributed by atoms with Crippen LogP contribution in [0.2, 0.25) is 0 Å². The average Bonchev–Trinajstić information content (AvgIpc) is 2.44. The van der Waals surface area contributed by atoms with Crippen molar-refractivity contribution < 1.29 is 32.6 Å². The second-order valence-corrected chi connectivity index (χ2v) is 7.10. The predicted molar refractivity (Wildman–Crippen MR) is 72.2 cm³/mol. The van der Waals surface area contributed by atoms with Gasteiger partial charge in [0.2, 0.25) is 5.91 Å². The maximum Gasteiger partial charge on any atom is 0.306 e. The van der Waals surface area contributed by atoms with Crippen molar-refractivity contribution >= 4 is 27.7 Å². The van der Waals surface area contributed by atoms with E-state index in [0.29, 0.717) is 12.8 Å². The number of rotatable bonds is 6. The maximum atomic E-state index is 11.9. The van der Waals surface area contributed by atoms with Crippen molar-refractivity contribution in [2.45, 2.75) is 19.3 Å². The van der Waals surface area contributed by atoms with E-state index in [0.717, 1.165) is 7.11 Å². The highest BCUT2D eigenvalue weighted by atomic mass is 32.2. The molecule has 1 fully saturated rings. The van der Waals surface area contributed by atoms with Crippen LogP contribution in [0.1, 0.15) is 19.3 Å². The second kappa shape index (κ2) is 7.39. The Labute approximate surface area is 123 Å². The zero-order valence-corrected chi connectivity index (χ0v) is 12.6. The summed E-state index contributed by atoms with van der Waals surface area (Å²) in [4.78, 5) is 34.9. The van der Waals surface area contributed by atoms with Crippen molar-refractivity contribution in [1.29, 1.82) is 0 Å². The number of sulfone groups is 1. The molecule has 0 radical (unpaired) electrons. The molecular formula is C12H19NO7S. The first-order valence-electron chi connectivity index (χ1n) is 6.53. The smallest absolute Gasteiger partial charge is 0.306 e. The first kappa shape index (κ1) is 17.4. The molecule has 0 unspecified atom stereocenters. The standard InChI is InChI=1S/C12H19NO7S/c1-20-11(15)4-7-21(18,19)8-10(14)13-5-2-9(3-6-13)12(16)17/h9H,2-8H2,1H3,(H,16,17). The lowest BCUT2D eigenvalue weighted by molar-refractivity contribution is -0.145. The summed E-state index contributed by atoms with van der Waals surface area (Å²) in [6.45, 7) is 0.477. The third kappa shape index (κ3) is 5.70. The molecule has 1 N–H and O–H groups in total. The van der Waals surface area contributed by atoms with Gasteiger partial charge in [0.15, 0.2) is 9.84 Å². The largest absolute Gasteiger partial charge is 0.481 e. The lowest BCUT2D eigenvalue weighted by Crippen LogP contribution is -2.43. The summed E-state index contributed by atoms with van der Waals surface area (Å²) in [5.74, 6) is -3.67. The normalized spacial score (nSPS) is 16.5. The number of carboxylic acids is 1. The van der Waals surface area contributed by atoms with Gasteiger partial charge in [-0.05, 0) is 12.8 Å². The molecule has 0 aromatic rings. The summed E-state index contributed by atoms with van der Waals surface area (Å²) in [7, 11) is -2.51. The number of esters is 1. The molecule has 120 valence electrons. The molecule has 21 heavy (non-hydrogen) atoms. The molecule has 0 saturated carbocycles. The Hall–Kier alpha value is -1.64. The molecular weight excluding hydrogens is 302 g/mol. The molecule has 1 heterocycles. The van der Waals surface area contributed by atoms with Crippen molar-refractivity contribution in [1.82, 2.24) is 4.90 Å². The summed E-state index contributed by atoms with van der Waals surface area (Å²) >= 11 is 0. The van der Waals surface area contributed by atoms with E-state index in [1.54, 1.807) is 0 Å². The lowest BCUT2D eigenvalue weighted by atomic mass is 9.97. The fraction of sp³-hybridized carbons (Fsp3) is 0.750. The van der Waals surface area contributed by atoms with Crippen molar-refractivity contribution in [3.63, 3.8) is 0 Å². The van der Waals surface area contributed by atoms with Gasteiger partial charge in [-0.1, -0.05) is 0 Å². The first-order chi connectivity index (χ1) is 9.75. The molecule has 0 atom stereocenters. The van der Waals surface area contributed by atoms with E-state index < -0.39 is 45.1 Å². The molecule has 0 aromatic heterocycles. The molecule has 1 saturated heterocycles. The van der Waals surface area contributed by atoms with Gasteiger partial charge in [-0.3, -0.25) is 14.4 Å². The molecule has 0 bridgehead atoms. The Morgan fingerprint density at radius 3 is 2.29 bits per heavy atom. The minimum atomic E-state index is -3.67. The van der Waals surface area contributed by atoms with E-state index in [9.17, 15) is 22.8 Å². The number of methoxy groups -OCH3 is 1. The van der Waals surface area contributed by atoms with E-state index >= 15 is 0 Å².